The van der Waals surface area contributed by atoms with Gasteiger partial charge in [0.15, 0.2) is 0 Å². The van der Waals surface area contributed by atoms with Crippen molar-refractivity contribution >= 4 is 28.7 Å². The smallest absolute Gasteiger partial charge is 0.410 e. The van der Waals surface area contributed by atoms with Crippen LogP contribution in [0.3, 0.4) is 0 Å². The summed E-state index contributed by atoms with van der Waals surface area (Å²) < 4.78 is 20.2. The predicted octanol–water partition coefficient (Wildman–Crippen LogP) is 5.21. The number of rotatable bonds is 5. The Kier molecular flexibility index (Phi) is 6.97. The maximum absolute atomic E-state index is 14.1. The first-order valence-corrected chi connectivity index (χ1v) is 13.5. The number of H-pyrrole nitrogens is 1. The number of nitrogens with one attached hydrogen (secondary N) is 2. The Morgan fingerprint density at radius 3 is 2.83 bits per heavy atom. The lowest BCUT2D eigenvalue weighted by atomic mass is 10.0. The molecule has 0 spiro atoms. The van der Waals surface area contributed by atoms with Gasteiger partial charge in [-0.25, -0.2) is 19.0 Å². The molecule has 41 heavy (non-hydrogen) atoms. The molecule has 1 atom stereocenters. The second kappa shape index (κ2) is 10.9. The van der Waals surface area contributed by atoms with Gasteiger partial charge in [-0.1, -0.05) is 24.3 Å². The lowest BCUT2D eigenvalue weighted by Crippen LogP contribution is -2.51. The summed E-state index contributed by atoms with van der Waals surface area (Å²) in [5.41, 5.74) is 4.62. The maximum atomic E-state index is 14.1. The van der Waals surface area contributed by atoms with Crippen LogP contribution in [0.15, 0.2) is 54.7 Å². The van der Waals surface area contributed by atoms with Crippen molar-refractivity contribution in [2.75, 3.05) is 18.4 Å². The average molecular weight is 554 g/mol. The summed E-state index contributed by atoms with van der Waals surface area (Å²) in [4.78, 5) is 33.9. The molecule has 10 nitrogen and oxygen atoms in total. The van der Waals surface area contributed by atoms with Gasteiger partial charge in [-0.3, -0.25) is 5.10 Å². The predicted molar refractivity (Wildman–Crippen MR) is 148 cm³/mol. The summed E-state index contributed by atoms with van der Waals surface area (Å²) >= 11 is 0. The molecule has 6 rings (SSSR count). The van der Waals surface area contributed by atoms with Crippen molar-refractivity contribution in [3.63, 3.8) is 0 Å². The number of piperidine rings is 1. The molecule has 0 saturated carbocycles. The Bertz CT molecular complexity index is 1670. The highest BCUT2D eigenvalue weighted by Gasteiger charge is 2.34. The number of benzene rings is 2. The van der Waals surface area contributed by atoms with Crippen molar-refractivity contribution in [1.29, 1.82) is 5.26 Å². The normalized spacial score (nSPS) is 16.2. The number of hydrogen-bond acceptors (Lipinski definition) is 6. The fraction of sp³-hybridized carbons (Fsp3) is 0.300. The fourth-order valence-corrected chi connectivity index (χ4v) is 5.67. The Hall–Kier alpha value is -4.98. The first kappa shape index (κ1) is 26.3. The average Bonchev–Trinajstić information content (AvgIpc) is 3.47. The molecule has 0 aliphatic carbocycles. The Morgan fingerprint density at radius 1 is 1.22 bits per heavy atom. The maximum Gasteiger partial charge on any atom is 0.410 e. The molecule has 1 fully saturated rings. The lowest BCUT2D eigenvalue weighted by molar-refractivity contribution is 0.0463. The zero-order valence-corrected chi connectivity index (χ0v) is 22.4. The summed E-state index contributed by atoms with van der Waals surface area (Å²) in [6.45, 7) is 3.11. The van der Waals surface area contributed by atoms with E-state index in [1.807, 2.05) is 25.1 Å². The second-order valence-electron chi connectivity index (χ2n) is 10.4. The number of aryl methyl sites for hydroxylation is 1. The van der Waals surface area contributed by atoms with Crippen LogP contribution in [0.5, 0.6) is 0 Å². The van der Waals surface area contributed by atoms with E-state index < -0.39 is 18.0 Å². The minimum atomic E-state index is -0.712. The van der Waals surface area contributed by atoms with Crippen LogP contribution in [0.25, 0.3) is 10.9 Å². The van der Waals surface area contributed by atoms with Gasteiger partial charge in [-0.2, -0.15) is 10.4 Å². The highest BCUT2D eigenvalue weighted by molar-refractivity contribution is 5.92. The zero-order chi connectivity index (χ0) is 28.5. The van der Waals surface area contributed by atoms with Gasteiger partial charge in [-0.05, 0) is 60.7 Å². The molecule has 3 amide bonds. The van der Waals surface area contributed by atoms with Crippen LogP contribution in [0.1, 0.15) is 47.0 Å². The Morgan fingerprint density at radius 2 is 2.02 bits per heavy atom. The quantitative estimate of drug-likeness (QED) is 0.349. The van der Waals surface area contributed by atoms with Crippen molar-refractivity contribution in [1.82, 2.24) is 25.0 Å². The Labute approximate surface area is 235 Å². The molecule has 2 aromatic carbocycles. The third-order valence-corrected chi connectivity index (χ3v) is 7.78. The van der Waals surface area contributed by atoms with Gasteiger partial charge in [0.05, 0.1) is 23.1 Å². The zero-order valence-electron chi connectivity index (χ0n) is 22.4. The number of halogens is 1. The van der Waals surface area contributed by atoms with Gasteiger partial charge in [0, 0.05) is 37.5 Å². The topological polar surface area (TPSA) is 127 Å². The second-order valence-corrected chi connectivity index (χ2v) is 10.4. The molecule has 2 aliphatic heterocycles. The molecule has 4 aromatic rings. The van der Waals surface area contributed by atoms with Crippen LogP contribution in [-0.2, 0) is 17.7 Å². The van der Waals surface area contributed by atoms with E-state index in [0.29, 0.717) is 44.6 Å². The van der Waals surface area contributed by atoms with Crippen molar-refractivity contribution in [2.45, 2.75) is 44.9 Å². The molecular weight excluding hydrogens is 525 g/mol. The number of anilines is 1. The summed E-state index contributed by atoms with van der Waals surface area (Å²) in [6.07, 6.45) is 2.07. The Balaban J connectivity index is 1.15. The molecule has 1 unspecified atom stereocenters. The number of carbonyl (C=O) groups excluding carboxylic acids is 2. The highest BCUT2D eigenvalue weighted by Crippen LogP contribution is 2.31. The first-order valence-electron chi connectivity index (χ1n) is 13.5. The van der Waals surface area contributed by atoms with Crippen molar-refractivity contribution in [3.05, 3.63) is 88.6 Å². The van der Waals surface area contributed by atoms with Crippen LogP contribution in [0, 0.1) is 24.1 Å². The van der Waals surface area contributed by atoms with Gasteiger partial charge in [0.1, 0.15) is 23.7 Å². The van der Waals surface area contributed by atoms with Crippen molar-refractivity contribution in [3.8, 4) is 6.07 Å². The highest BCUT2D eigenvalue weighted by atomic mass is 19.1. The van der Waals surface area contributed by atoms with Crippen LogP contribution in [0.4, 0.5) is 19.7 Å². The molecule has 11 heteroatoms. The number of amides is 3. The molecule has 2 aromatic heterocycles. The van der Waals surface area contributed by atoms with E-state index in [2.05, 4.69) is 20.5 Å². The third-order valence-electron chi connectivity index (χ3n) is 7.78. The van der Waals surface area contributed by atoms with E-state index in [4.69, 9.17) is 4.74 Å². The monoisotopic (exact) mass is 553 g/mol. The molecule has 0 bridgehead atoms. The molecular formula is C30H28FN7O3. The first-order chi connectivity index (χ1) is 19.9. The van der Waals surface area contributed by atoms with Crippen LogP contribution in [0.2, 0.25) is 0 Å². The summed E-state index contributed by atoms with van der Waals surface area (Å²) in [5.74, 6) is -0.447. The SMILES string of the molecule is Cc1cc(CC(OC(=O)N2CCC(N3Cc4cccc(F)c4NC3=O)CC2)c2cccc(C#N)n2)cc2cn[nH]c12. The van der Waals surface area contributed by atoms with E-state index in [0.717, 1.165) is 27.6 Å². The van der Waals surface area contributed by atoms with E-state index in [1.165, 1.54) is 6.07 Å². The number of ether oxygens (including phenoxy) is 1. The number of pyridine rings is 1. The number of carbonyl (C=O) groups is 2. The lowest BCUT2D eigenvalue weighted by Gasteiger charge is -2.40. The number of hydrogen-bond donors (Lipinski definition) is 2. The summed E-state index contributed by atoms with van der Waals surface area (Å²) in [5, 5.41) is 20.1. The minimum absolute atomic E-state index is 0.0927. The van der Waals surface area contributed by atoms with Gasteiger partial charge >= 0.3 is 12.1 Å². The molecule has 2 N–H and O–H groups in total. The fourth-order valence-electron chi connectivity index (χ4n) is 5.67. The standard InChI is InChI=1S/C30H28FN7O3/c1-18-12-19(13-21-16-33-36-27(18)21)14-26(25-7-3-5-22(15-32)34-25)41-30(40)37-10-8-23(9-11-37)38-17-20-4-2-6-24(31)28(20)35-29(38)39/h2-7,12-13,16,23,26H,8-11,14,17H2,1H3,(H,33,36)(H,35,39). The molecule has 1 saturated heterocycles. The molecule has 208 valence electrons. The number of fused-ring (bicyclic) bond motifs is 2. The minimum Gasteiger partial charge on any atom is -0.439 e. The van der Waals surface area contributed by atoms with E-state index in [-0.39, 0.29) is 23.5 Å². The van der Waals surface area contributed by atoms with E-state index in [1.54, 1.807) is 46.3 Å². The van der Waals surface area contributed by atoms with Gasteiger partial charge < -0.3 is 19.9 Å². The van der Waals surface area contributed by atoms with E-state index >= 15 is 0 Å². The van der Waals surface area contributed by atoms with Gasteiger partial charge in [-0.15, -0.1) is 0 Å². The molecule has 2 aliphatic rings. The summed E-state index contributed by atoms with van der Waals surface area (Å²) in [6, 6.07) is 15.5. The number of para-hydroxylation sites is 1. The van der Waals surface area contributed by atoms with Crippen molar-refractivity contribution < 1.29 is 18.7 Å². The van der Waals surface area contributed by atoms with Gasteiger partial charge in [0.25, 0.3) is 0 Å². The number of nitrogens with zero attached hydrogens (tertiary/aromatic N) is 5. The van der Waals surface area contributed by atoms with E-state index in [9.17, 15) is 19.2 Å². The van der Waals surface area contributed by atoms with Gasteiger partial charge in [0.2, 0.25) is 0 Å². The van der Waals surface area contributed by atoms with Crippen LogP contribution < -0.4 is 5.32 Å². The summed E-state index contributed by atoms with van der Waals surface area (Å²) in [7, 11) is 0. The third kappa shape index (κ3) is 5.28. The number of likely N-dealkylation sites (tertiary alicyclic amines) is 1. The number of aromatic nitrogens is 3. The van der Waals surface area contributed by atoms with Crippen LogP contribution >= 0.6 is 0 Å². The number of urea groups is 1. The largest absolute Gasteiger partial charge is 0.439 e. The molecule has 4 heterocycles. The molecule has 0 radical (unpaired) electrons. The number of aromatic amines is 1. The van der Waals surface area contributed by atoms with Crippen LogP contribution in [-0.4, -0.2) is 56.2 Å². The van der Waals surface area contributed by atoms with Crippen molar-refractivity contribution in [2.24, 2.45) is 0 Å². The number of nitriles is 1.